The molecule has 0 unspecified atom stereocenters. The Labute approximate surface area is 445 Å². The van der Waals surface area contributed by atoms with Crippen LogP contribution in [0, 0.1) is 0 Å². The molecule has 12 aromatic rings. The van der Waals surface area contributed by atoms with E-state index in [0.717, 1.165) is 45.3 Å². The number of anilines is 6. The molecule has 358 valence electrons. The number of para-hydroxylation sites is 2. The Morgan fingerprint density at radius 3 is 1.11 bits per heavy atom. The summed E-state index contributed by atoms with van der Waals surface area (Å²) in [5.41, 5.74) is 22.8. The van der Waals surface area contributed by atoms with Gasteiger partial charge in [0.1, 0.15) is 0 Å². The van der Waals surface area contributed by atoms with Crippen LogP contribution < -0.4 is 9.80 Å². The molecule has 0 N–H and O–H groups in total. The molecular formula is C74H52N2. The summed E-state index contributed by atoms with van der Waals surface area (Å²) < 4.78 is 0. The van der Waals surface area contributed by atoms with Crippen LogP contribution in [0.5, 0.6) is 0 Å². The number of nitrogens with zero attached hydrogens (tertiary/aromatic N) is 2. The van der Waals surface area contributed by atoms with Gasteiger partial charge in [0.25, 0.3) is 0 Å². The van der Waals surface area contributed by atoms with Gasteiger partial charge in [0, 0.05) is 34.0 Å². The van der Waals surface area contributed by atoms with E-state index in [-0.39, 0.29) is 0 Å². The van der Waals surface area contributed by atoms with Crippen molar-refractivity contribution in [1.29, 1.82) is 0 Å². The van der Waals surface area contributed by atoms with E-state index in [2.05, 4.69) is 325 Å². The van der Waals surface area contributed by atoms with Gasteiger partial charge in [-0.15, -0.1) is 0 Å². The quantitative estimate of drug-likeness (QED) is 0.127. The summed E-state index contributed by atoms with van der Waals surface area (Å²) >= 11 is 0. The third-order valence-corrected chi connectivity index (χ3v) is 16.0. The van der Waals surface area contributed by atoms with E-state index in [1.54, 1.807) is 0 Å². The van der Waals surface area contributed by atoms with Crippen molar-refractivity contribution in [3.63, 3.8) is 0 Å². The van der Waals surface area contributed by atoms with Gasteiger partial charge in [0.15, 0.2) is 0 Å². The lowest BCUT2D eigenvalue weighted by Crippen LogP contribution is -2.28. The molecule has 0 aliphatic heterocycles. The lowest BCUT2D eigenvalue weighted by molar-refractivity contribution is 0.768. The molecule has 0 saturated heterocycles. The lowest BCUT2D eigenvalue weighted by Gasteiger charge is -2.35. The highest BCUT2D eigenvalue weighted by Crippen LogP contribution is 2.59. The molecule has 2 heteroatoms. The first-order valence-electron chi connectivity index (χ1n) is 26.3. The van der Waals surface area contributed by atoms with Crippen LogP contribution in [0.25, 0.3) is 33.4 Å². The third kappa shape index (κ3) is 7.02. The standard InChI is InChI=1S/C74H52N2/c1-6-26-53(27-7-1)63-40-19-23-47-72(63)76(62-48-49-71-67(52-62)66-43-18-22-46-70(66)73(71,54-28-8-2-9-29-54)55-30-10-3-11-31-55)61-39-25-38-60(51-61)75(58-35-14-5-15-36-58)59-37-24-34-57(50-59)74(56-32-12-4-13-33-56)68-44-20-16-41-64(68)65-42-17-21-45-69(65)74/h1-52H. The molecule has 76 heavy (non-hydrogen) atoms. The average Bonchev–Trinajstić information content (AvgIpc) is 3.97. The Morgan fingerprint density at radius 2 is 0.553 bits per heavy atom. The summed E-state index contributed by atoms with van der Waals surface area (Å²) in [7, 11) is 0. The molecule has 12 aromatic carbocycles. The topological polar surface area (TPSA) is 6.48 Å². The molecular weight excluding hydrogens is 917 g/mol. The molecule has 0 saturated carbocycles. The van der Waals surface area contributed by atoms with E-state index in [1.165, 1.54) is 66.8 Å². The van der Waals surface area contributed by atoms with Crippen LogP contribution in [0.15, 0.2) is 315 Å². The minimum Gasteiger partial charge on any atom is -0.310 e. The van der Waals surface area contributed by atoms with Crippen LogP contribution in [-0.4, -0.2) is 0 Å². The lowest BCUT2D eigenvalue weighted by atomic mass is 9.67. The summed E-state index contributed by atoms with van der Waals surface area (Å²) in [6.45, 7) is 0. The van der Waals surface area contributed by atoms with E-state index >= 15 is 0 Å². The Kier molecular flexibility index (Phi) is 11.0. The van der Waals surface area contributed by atoms with Gasteiger partial charge in [0.05, 0.1) is 16.5 Å². The smallest absolute Gasteiger partial charge is 0.0714 e. The van der Waals surface area contributed by atoms with Crippen molar-refractivity contribution < 1.29 is 0 Å². The SMILES string of the molecule is c1ccc(-c2ccccc2N(c2cccc(N(c3ccccc3)c3cccc(C4(c5ccccc5)c5ccccc5-c5ccccc54)c3)c2)c2ccc3c(c2)-c2ccccc2C3(c2ccccc2)c2ccccc2)cc1. The van der Waals surface area contributed by atoms with Crippen molar-refractivity contribution >= 4 is 34.1 Å². The maximum absolute atomic E-state index is 2.47. The first-order chi connectivity index (χ1) is 37.7. The van der Waals surface area contributed by atoms with Crippen LogP contribution in [0.2, 0.25) is 0 Å². The fourth-order valence-electron chi connectivity index (χ4n) is 12.9. The molecule has 0 fully saturated rings. The molecule has 0 heterocycles. The highest BCUT2D eigenvalue weighted by Gasteiger charge is 2.47. The van der Waals surface area contributed by atoms with E-state index < -0.39 is 10.8 Å². The molecule has 14 rings (SSSR count). The van der Waals surface area contributed by atoms with E-state index in [0.29, 0.717) is 0 Å². The molecule has 0 radical (unpaired) electrons. The summed E-state index contributed by atoms with van der Waals surface area (Å²) in [5, 5.41) is 0. The van der Waals surface area contributed by atoms with Gasteiger partial charge in [-0.05, 0) is 133 Å². The zero-order valence-corrected chi connectivity index (χ0v) is 41.9. The number of hydrogen-bond acceptors (Lipinski definition) is 2. The summed E-state index contributed by atoms with van der Waals surface area (Å²) in [6.07, 6.45) is 0. The second-order valence-corrected chi connectivity index (χ2v) is 19.9. The second-order valence-electron chi connectivity index (χ2n) is 19.9. The van der Waals surface area contributed by atoms with E-state index in [4.69, 9.17) is 0 Å². The van der Waals surface area contributed by atoms with Crippen molar-refractivity contribution in [1.82, 2.24) is 0 Å². The van der Waals surface area contributed by atoms with Crippen LogP contribution in [0.3, 0.4) is 0 Å². The highest BCUT2D eigenvalue weighted by molar-refractivity contribution is 5.94. The Balaban J connectivity index is 0.978. The van der Waals surface area contributed by atoms with Crippen LogP contribution in [-0.2, 0) is 10.8 Å². The minimum atomic E-state index is -0.544. The zero-order chi connectivity index (χ0) is 50.5. The van der Waals surface area contributed by atoms with E-state index in [9.17, 15) is 0 Å². The molecule has 0 spiro atoms. The third-order valence-electron chi connectivity index (χ3n) is 16.0. The number of fused-ring (bicyclic) bond motifs is 6. The first kappa shape index (κ1) is 44.9. The van der Waals surface area contributed by atoms with Crippen molar-refractivity contribution in [3.8, 4) is 33.4 Å². The number of hydrogen-bond donors (Lipinski definition) is 0. The van der Waals surface area contributed by atoms with Gasteiger partial charge in [-0.3, -0.25) is 0 Å². The molecule has 0 atom stereocenters. The first-order valence-corrected chi connectivity index (χ1v) is 26.3. The largest absolute Gasteiger partial charge is 0.310 e. The molecule has 2 aliphatic carbocycles. The summed E-state index contributed by atoms with van der Waals surface area (Å²) in [6, 6.07) is 116. The van der Waals surface area contributed by atoms with Crippen molar-refractivity contribution in [2.75, 3.05) is 9.80 Å². The molecule has 0 amide bonds. The van der Waals surface area contributed by atoms with Gasteiger partial charge in [-0.25, -0.2) is 0 Å². The van der Waals surface area contributed by atoms with Crippen LogP contribution in [0.1, 0.15) is 44.5 Å². The summed E-state index contributed by atoms with van der Waals surface area (Å²) in [5.74, 6) is 0. The normalized spacial score (nSPS) is 13.2. The van der Waals surface area contributed by atoms with Crippen LogP contribution >= 0.6 is 0 Å². The van der Waals surface area contributed by atoms with Crippen molar-refractivity contribution in [3.05, 3.63) is 360 Å². The minimum absolute atomic E-state index is 0.508. The molecule has 2 nitrogen and oxygen atoms in total. The monoisotopic (exact) mass is 968 g/mol. The highest BCUT2D eigenvalue weighted by atomic mass is 15.2. The van der Waals surface area contributed by atoms with Gasteiger partial charge >= 0.3 is 0 Å². The second kappa shape index (κ2) is 18.6. The van der Waals surface area contributed by atoms with Crippen LogP contribution in [0.4, 0.5) is 34.1 Å². The molecule has 2 aliphatic rings. The predicted molar refractivity (Wildman–Crippen MR) is 316 cm³/mol. The molecule has 0 aromatic heterocycles. The number of benzene rings is 12. The predicted octanol–water partition coefficient (Wildman–Crippen LogP) is 19.0. The zero-order valence-electron chi connectivity index (χ0n) is 41.9. The van der Waals surface area contributed by atoms with E-state index in [1.807, 2.05) is 0 Å². The van der Waals surface area contributed by atoms with Gasteiger partial charge in [-0.1, -0.05) is 255 Å². The average molecular weight is 969 g/mol. The Hall–Kier alpha value is -9.76. The van der Waals surface area contributed by atoms with Gasteiger partial charge in [0.2, 0.25) is 0 Å². The van der Waals surface area contributed by atoms with Crippen molar-refractivity contribution in [2.24, 2.45) is 0 Å². The van der Waals surface area contributed by atoms with Gasteiger partial charge in [-0.2, -0.15) is 0 Å². The summed E-state index contributed by atoms with van der Waals surface area (Å²) in [4.78, 5) is 4.89. The van der Waals surface area contributed by atoms with Gasteiger partial charge < -0.3 is 9.80 Å². The maximum atomic E-state index is 2.47. The maximum Gasteiger partial charge on any atom is 0.0714 e. The fourth-order valence-corrected chi connectivity index (χ4v) is 12.9. The fraction of sp³-hybridized carbons (Fsp3) is 0.0270. The van der Waals surface area contributed by atoms with Crippen molar-refractivity contribution in [2.45, 2.75) is 10.8 Å². The Morgan fingerprint density at radius 1 is 0.197 bits per heavy atom. The molecule has 0 bridgehead atoms. The number of rotatable bonds is 11. The Bertz CT molecular complexity index is 3970.